The smallest absolute Gasteiger partial charge is 0.306 e. The number of hydrogen-bond donors (Lipinski definition) is 1. The van der Waals surface area contributed by atoms with Crippen molar-refractivity contribution in [1.29, 1.82) is 0 Å². The second kappa shape index (κ2) is 10.8. The fourth-order valence-electron chi connectivity index (χ4n) is 2.44. The summed E-state index contributed by atoms with van der Waals surface area (Å²) in [6.07, 6.45) is -0.0289. The average molecular weight is 384 g/mol. The predicted molar refractivity (Wildman–Crippen MR) is 106 cm³/mol. The van der Waals surface area contributed by atoms with Crippen LogP contribution in [0.3, 0.4) is 0 Å². The molecule has 2 aromatic carbocycles. The zero-order valence-electron chi connectivity index (χ0n) is 16.0. The number of amides is 2. The maximum absolute atomic E-state index is 12.7. The lowest BCUT2D eigenvalue weighted by Gasteiger charge is -2.17. The van der Waals surface area contributed by atoms with E-state index in [1.807, 2.05) is 30.3 Å². The number of anilines is 2. The van der Waals surface area contributed by atoms with Gasteiger partial charge < -0.3 is 19.7 Å². The second-order valence-electron chi connectivity index (χ2n) is 6.04. The van der Waals surface area contributed by atoms with E-state index < -0.39 is 5.97 Å². The molecule has 0 saturated carbocycles. The number of hydrogen-bond acceptors (Lipinski definition) is 5. The molecule has 7 nitrogen and oxygen atoms in total. The van der Waals surface area contributed by atoms with E-state index in [4.69, 9.17) is 9.47 Å². The van der Waals surface area contributed by atoms with Crippen molar-refractivity contribution in [1.82, 2.24) is 0 Å². The normalized spacial score (nSPS) is 10.2. The van der Waals surface area contributed by atoms with Crippen LogP contribution in [0.25, 0.3) is 0 Å². The lowest BCUT2D eigenvalue weighted by atomic mass is 10.1. The molecule has 0 bridgehead atoms. The van der Waals surface area contributed by atoms with Crippen molar-refractivity contribution in [2.24, 2.45) is 0 Å². The number of ether oxygens (including phenoxy) is 2. The van der Waals surface area contributed by atoms with Crippen LogP contribution >= 0.6 is 0 Å². The molecule has 0 aliphatic carbocycles. The van der Waals surface area contributed by atoms with Gasteiger partial charge >= 0.3 is 5.97 Å². The molecule has 2 aromatic rings. The molecule has 148 valence electrons. The molecule has 0 aromatic heterocycles. The number of para-hydroxylation sites is 1. The molecule has 7 heteroatoms. The molecule has 0 radical (unpaired) electrons. The molecule has 28 heavy (non-hydrogen) atoms. The highest BCUT2D eigenvalue weighted by atomic mass is 16.6. The lowest BCUT2D eigenvalue weighted by molar-refractivity contribution is -0.145. The molecule has 1 N–H and O–H groups in total. The van der Waals surface area contributed by atoms with Gasteiger partial charge in [-0.1, -0.05) is 24.3 Å². The maximum Gasteiger partial charge on any atom is 0.306 e. The van der Waals surface area contributed by atoms with E-state index in [-0.39, 0.29) is 31.3 Å². The highest BCUT2D eigenvalue weighted by Crippen LogP contribution is 2.17. The monoisotopic (exact) mass is 384 g/mol. The van der Waals surface area contributed by atoms with Gasteiger partial charge in [0.1, 0.15) is 6.61 Å². The van der Waals surface area contributed by atoms with E-state index >= 15 is 0 Å². The van der Waals surface area contributed by atoms with Gasteiger partial charge in [-0.2, -0.15) is 0 Å². The van der Waals surface area contributed by atoms with Crippen LogP contribution in [0, 0.1) is 0 Å². The van der Waals surface area contributed by atoms with Crippen molar-refractivity contribution in [2.45, 2.75) is 12.8 Å². The zero-order chi connectivity index (χ0) is 20.4. The van der Waals surface area contributed by atoms with Crippen molar-refractivity contribution in [3.8, 4) is 0 Å². The first-order valence-corrected chi connectivity index (χ1v) is 8.89. The molecule has 0 aliphatic rings. The van der Waals surface area contributed by atoms with Gasteiger partial charge in [0.15, 0.2) is 0 Å². The van der Waals surface area contributed by atoms with Crippen molar-refractivity contribution >= 4 is 29.2 Å². The van der Waals surface area contributed by atoms with Crippen LogP contribution in [0.1, 0.15) is 23.2 Å². The first-order chi connectivity index (χ1) is 13.5. The molecule has 0 aliphatic heterocycles. The lowest BCUT2D eigenvalue weighted by Crippen LogP contribution is -2.26. The number of carbonyl (C=O) groups is 3. The third kappa shape index (κ3) is 6.51. The summed E-state index contributed by atoms with van der Waals surface area (Å²) < 4.78 is 9.69. The summed E-state index contributed by atoms with van der Waals surface area (Å²) in [5.41, 5.74) is 1.71. The van der Waals surface area contributed by atoms with Crippen molar-refractivity contribution in [2.75, 3.05) is 37.6 Å². The first kappa shape index (κ1) is 21.1. The number of nitrogens with zero attached hydrogens (tertiary/aromatic N) is 1. The zero-order valence-corrected chi connectivity index (χ0v) is 16.0. The Morgan fingerprint density at radius 2 is 1.71 bits per heavy atom. The number of rotatable bonds is 9. The van der Waals surface area contributed by atoms with E-state index in [9.17, 15) is 14.4 Å². The largest absolute Gasteiger partial charge is 0.463 e. The van der Waals surface area contributed by atoms with Gasteiger partial charge in [-0.15, -0.1) is 0 Å². The Bertz CT molecular complexity index is 807. The molecular formula is C21H24N2O5. The summed E-state index contributed by atoms with van der Waals surface area (Å²) in [5.74, 6) is -0.977. The van der Waals surface area contributed by atoms with Crippen LogP contribution in [0.5, 0.6) is 0 Å². The van der Waals surface area contributed by atoms with Crippen LogP contribution in [0.15, 0.2) is 54.6 Å². The minimum atomic E-state index is -0.458. The molecule has 0 fully saturated rings. The number of carbonyl (C=O) groups excluding carboxylic acids is 3. The Morgan fingerprint density at radius 3 is 2.43 bits per heavy atom. The maximum atomic E-state index is 12.7. The minimum Gasteiger partial charge on any atom is -0.463 e. The Kier molecular flexibility index (Phi) is 8.17. The quantitative estimate of drug-likeness (QED) is 0.531. The first-order valence-electron chi connectivity index (χ1n) is 8.89. The molecule has 0 saturated heterocycles. The minimum absolute atomic E-state index is 0.00604. The van der Waals surface area contributed by atoms with E-state index in [1.165, 1.54) is 12.0 Å². The summed E-state index contributed by atoms with van der Waals surface area (Å²) in [7, 11) is 3.20. The highest BCUT2D eigenvalue weighted by Gasteiger charge is 2.14. The van der Waals surface area contributed by atoms with E-state index in [0.717, 1.165) is 5.69 Å². The number of nitrogens with one attached hydrogen (secondary N) is 1. The van der Waals surface area contributed by atoms with Crippen LogP contribution in [-0.2, 0) is 19.1 Å². The molecule has 0 atom stereocenters. The van der Waals surface area contributed by atoms with Crippen molar-refractivity contribution in [3.05, 3.63) is 60.2 Å². The van der Waals surface area contributed by atoms with Gasteiger partial charge in [-0.3, -0.25) is 14.4 Å². The van der Waals surface area contributed by atoms with Gasteiger partial charge in [-0.25, -0.2) is 0 Å². The molecular weight excluding hydrogens is 360 g/mol. The van der Waals surface area contributed by atoms with E-state index in [1.54, 1.807) is 31.3 Å². The predicted octanol–water partition coefficient (Wildman–Crippen LogP) is 2.87. The third-order valence-corrected chi connectivity index (χ3v) is 3.95. The molecule has 0 spiro atoms. The number of methoxy groups -OCH3 is 1. The summed E-state index contributed by atoms with van der Waals surface area (Å²) in [4.78, 5) is 37.8. The second-order valence-corrected chi connectivity index (χ2v) is 6.04. The van der Waals surface area contributed by atoms with Gasteiger partial charge in [0.2, 0.25) is 5.91 Å². The Labute approximate surface area is 164 Å². The van der Waals surface area contributed by atoms with Crippen molar-refractivity contribution < 1.29 is 23.9 Å². The van der Waals surface area contributed by atoms with Crippen LogP contribution in [0.4, 0.5) is 11.4 Å². The van der Waals surface area contributed by atoms with Gasteiger partial charge in [0, 0.05) is 37.5 Å². The summed E-state index contributed by atoms with van der Waals surface area (Å²) in [5, 5.41) is 2.70. The van der Waals surface area contributed by atoms with Crippen molar-refractivity contribution in [3.63, 3.8) is 0 Å². The summed E-state index contributed by atoms with van der Waals surface area (Å²) in [6.45, 7) is 0.478. The molecule has 2 amide bonds. The standard InChI is InChI=1S/C21H24N2O5/c1-23(18-9-4-3-5-10-18)21(26)16-7-6-8-17(15-16)22-19(24)11-12-20(25)28-14-13-27-2/h3-10,15H,11-14H2,1-2H3,(H,22,24). The fourth-order valence-corrected chi connectivity index (χ4v) is 2.44. The molecule has 2 rings (SSSR count). The summed E-state index contributed by atoms with van der Waals surface area (Å²) >= 11 is 0. The van der Waals surface area contributed by atoms with Crippen LogP contribution in [0.2, 0.25) is 0 Å². The van der Waals surface area contributed by atoms with E-state index in [2.05, 4.69) is 5.32 Å². The number of esters is 1. The fraction of sp³-hybridized carbons (Fsp3) is 0.286. The Hall–Kier alpha value is -3.19. The third-order valence-electron chi connectivity index (χ3n) is 3.95. The Morgan fingerprint density at radius 1 is 0.964 bits per heavy atom. The topological polar surface area (TPSA) is 84.9 Å². The number of benzene rings is 2. The van der Waals surface area contributed by atoms with Crippen LogP contribution in [-0.4, -0.2) is 45.2 Å². The van der Waals surface area contributed by atoms with Gasteiger partial charge in [-0.05, 0) is 30.3 Å². The summed E-state index contributed by atoms with van der Waals surface area (Å²) in [6, 6.07) is 16.0. The van der Waals surface area contributed by atoms with Crippen LogP contribution < -0.4 is 10.2 Å². The van der Waals surface area contributed by atoms with Gasteiger partial charge in [0.25, 0.3) is 5.91 Å². The Balaban J connectivity index is 1.91. The SMILES string of the molecule is COCCOC(=O)CCC(=O)Nc1cccc(C(=O)N(C)c2ccccc2)c1. The molecule has 0 heterocycles. The average Bonchev–Trinajstić information content (AvgIpc) is 2.72. The van der Waals surface area contributed by atoms with E-state index in [0.29, 0.717) is 17.9 Å². The van der Waals surface area contributed by atoms with Gasteiger partial charge in [0.05, 0.1) is 13.0 Å². The molecule has 0 unspecified atom stereocenters. The highest BCUT2D eigenvalue weighted by molar-refractivity contribution is 6.06.